The van der Waals surface area contributed by atoms with E-state index in [1.54, 1.807) is 24.3 Å². The summed E-state index contributed by atoms with van der Waals surface area (Å²) >= 11 is 3.33. The molecule has 0 fully saturated rings. The third kappa shape index (κ3) is 3.94. The Morgan fingerprint density at radius 1 is 1.08 bits per heavy atom. The largest absolute Gasteiger partial charge is 0.403 e. The second-order valence-electron chi connectivity index (χ2n) is 5.14. The van der Waals surface area contributed by atoms with Gasteiger partial charge in [-0.25, -0.2) is 8.42 Å². The van der Waals surface area contributed by atoms with E-state index in [0.29, 0.717) is 5.56 Å². The van der Waals surface area contributed by atoms with E-state index in [4.69, 9.17) is 4.42 Å². The number of aromatic nitrogens is 2. The van der Waals surface area contributed by atoms with Crippen LogP contribution in [0, 0.1) is 0 Å². The van der Waals surface area contributed by atoms with Gasteiger partial charge in [0.15, 0.2) is 9.84 Å². The molecule has 3 rings (SSSR count). The average Bonchev–Trinajstić information content (AvgIpc) is 3.03. The lowest BCUT2D eigenvalue weighted by Crippen LogP contribution is -2.16. The van der Waals surface area contributed by atoms with Crippen LogP contribution >= 0.6 is 15.9 Å². The van der Waals surface area contributed by atoms with Crippen LogP contribution in [0.5, 0.6) is 0 Å². The molecule has 1 amide bonds. The Balaban J connectivity index is 1.85. The van der Waals surface area contributed by atoms with Crippen molar-refractivity contribution in [3.8, 4) is 11.5 Å². The van der Waals surface area contributed by atoms with Gasteiger partial charge in [-0.05, 0) is 36.4 Å². The number of nitrogens with one attached hydrogen (secondary N) is 1. The number of nitrogens with zero attached hydrogens (tertiary/aromatic N) is 2. The third-order valence-corrected chi connectivity index (χ3v) is 4.95. The molecule has 3 aromatic rings. The zero-order chi connectivity index (χ0) is 18.0. The number of hydrogen-bond acceptors (Lipinski definition) is 6. The summed E-state index contributed by atoms with van der Waals surface area (Å²) in [5, 5.41) is 10.1. The molecule has 0 aliphatic carbocycles. The van der Waals surface area contributed by atoms with Gasteiger partial charge in [-0.15, -0.1) is 5.10 Å². The van der Waals surface area contributed by atoms with E-state index in [2.05, 4.69) is 31.4 Å². The maximum atomic E-state index is 12.4. The van der Waals surface area contributed by atoms with E-state index in [1.807, 2.05) is 12.1 Å². The molecule has 0 aliphatic rings. The summed E-state index contributed by atoms with van der Waals surface area (Å²) in [6.45, 7) is 0. The van der Waals surface area contributed by atoms with Crippen molar-refractivity contribution in [1.29, 1.82) is 0 Å². The van der Waals surface area contributed by atoms with Crippen molar-refractivity contribution in [2.24, 2.45) is 0 Å². The van der Waals surface area contributed by atoms with Gasteiger partial charge < -0.3 is 4.42 Å². The first-order chi connectivity index (χ1) is 11.8. The molecule has 7 nitrogen and oxygen atoms in total. The van der Waals surface area contributed by atoms with Gasteiger partial charge in [0.25, 0.3) is 5.91 Å². The highest BCUT2D eigenvalue weighted by molar-refractivity contribution is 9.10. The van der Waals surface area contributed by atoms with Crippen molar-refractivity contribution in [3.63, 3.8) is 0 Å². The first-order valence-electron chi connectivity index (χ1n) is 7.04. The van der Waals surface area contributed by atoms with Crippen LogP contribution in [0.4, 0.5) is 6.01 Å². The highest BCUT2D eigenvalue weighted by atomic mass is 79.9. The number of halogens is 1. The molecule has 0 unspecified atom stereocenters. The Morgan fingerprint density at radius 2 is 1.76 bits per heavy atom. The summed E-state index contributed by atoms with van der Waals surface area (Å²) < 4.78 is 29.9. The SMILES string of the molecule is CS(=O)(=O)c1ccccc1C(=O)Nc1nnc(-c2ccc(Br)cc2)o1. The fourth-order valence-corrected chi connectivity index (χ4v) is 3.28. The Hall–Kier alpha value is -2.52. The number of rotatable bonds is 4. The lowest BCUT2D eigenvalue weighted by Gasteiger charge is -2.06. The first kappa shape index (κ1) is 17.3. The molecule has 0 spiro atoms. The van der Waals surface area contributed by atoms with Crippen LogP contribution in [-0.4, -0.2) is 30.8 Å². The molecule has 1 aromatic heterocycles. The number of hydrogen-bond donors (Lipinski definition) is 1. The molecule has 0 bridgehead atoms. The minimum Gasteiger partial charge on any atom is -0.403 e. The zero-order valence-electron chi connectivity index (χ0n) is 12.9. The minimum absolute atomic E-state index is 0.00777. The van der Waals surface area contributed by atoms with Gasteiger partial charge in [0.1, 0.15) is 0 Å². The molecule has 2 aromatic carbocycles. The highest BCUT2D eigenvalue weighted by Gasteiger charge is 2.20. The van der Waals surface area contributed by atoms with Gasteiger partial charge in [0.2, 0.25) is 5.89 Å². The molecule has 9 heteroatoms. The molecule has 0 saturated carbocycles. The van der Waals surface area contributed by atoms with Crippen LogP contribution in [0.2, 0.25) is 0 Å². The summed E-state index contributed by atoms with van der Waals surface area (Å²) in [7, 11) is -3.54. The molecular formula is C16H12BrN3O4S. The van der Waals surface area contributed by atoms with Crippen molar-refractivity contribution in [2.75, 3.05) is 11.6 Å². The molecule has 0 radical (unpaired) electrons. The van der Waals surface area contributed by atoms with E-state index in [-0.39, 0.29) is 22.4 Å². The van der Waals surface area contributed by atoms with Crippen LogP contribution in [0.1, 0.15) is 10.4 Å². The minimum atomic E-state index is -3.54. The lowest BCUT2D eigenvalue weighted by atomic mass is 10.2. The van der Waals surface area contributed by atoms with E-state index in [1.165, 1.54) is 12.1 Å². The fraction of sp³-hybridized carbons (Fsp3) is 0.0625. The maximum Gasteiger partial charge on any atom is 0.322 e. The van der Waals surface area contributed by atoms with Crippen LogP contribution in [0.3, 0.4) is 0 Å². The van der Waals surface area contributed by atoms with Crippen LogP contribution in [-0.2, 0) is 9.84 Å². The molecule has 0 saturated heterocycles. The number of amides is 1. The van der Waals surface area contributed by atoms with Crippen molar-refractivity contribution in [3.05, 3.63) is 58.6 Å². The topological polar surface area (TPSA) is 102 Å². The van der Waals surface area contributed by atoms with Gasteiger partial charge in [-0.2, -0.15) is 0 Å². The number of anilines is 1. The van der Waals surface area contributed by atoms with Crippen molar-refractivity contribution >= 4 is 37.7 Å². The second-order valence-corrected chi connectivity index (χ2v) is 8.04. The number of benzene rings is 2. The second kappa shape index (κ2) is 6.77. The summed E-state index contributed by atoms with van der Waals surface area (Å²) in [6.07, 6.45) is 1.04. The highest BCUT2D eigenvalue weighted by Crippen LogP contribution is 2.23. The molecule has 25 heavy (non-hydrogen) atoms. The monoisotopic (exact) mass is 421 g/mol. The zero-order valence-corrected chi connectivity index (χ0v) is 15.3. The predicted molar refractivity (Wildman–Crippen MR) is 94.9 cm³/mol. The Bertz CT molecular complexity index is 1030. The van der Waals surface area contributed by atoms with Crippen LogP contribution < -0.4 is 5.32 Å². The number of carbonyl (C=O) groups excluding carboxylic acids is 1. The van der Waals surface area contributed by atoms with Crippen molar-refractivity contribution < 1.29 is 17.6 Å². The summed E-state index contributed by atoms with van der Waals surface area (Å²) in [5.41, 5.74) is 0.695. The molecule has 0 atom stereocenters. The van der Waals surface area contributed by atoms with Crippen LogP contribution in [0.25, 0.3) is 11.5 Å². The first-order valence-corrected chi connectivity index (χ1v) is 9.73. The van der Waals surface area contributed by atoms with Crippen LogP contribution in [0.15, 0.2) is 62.3 Å². The number of carbonyl (C=O) groups is 1. The van der Waals surface area contributed by atoms with E-state index >= 15 is 0 Å². The lowest BCUT2D eigenvalue weighted by molar-refractivity contribution is 0.102. The normalized spacial score (nSPS) is 11.3. The molecule has 0 aliphatic heterocycles. The fourth-order valence-electron chi connectivity index (χ4n) is 2.12. The Kier molecular flexibility index (Phi) is 4.69. The van der Waals surface area contributed by atoms with Gasteiger partial charge in [0, 0.05) is 16.3 Å². The van der Waals surface area contributed by atoms with E-state index < -0.39 is 15.7 Å². The summed E-state index contributed by atoms with van der Waals surface area (Å²) in [6, 6.07) is 13.0. The van der Waals surface area contributed by atoms with Crippen molar-refractivity contribution in [2.45, 2.75) is 4.90 Å². The average molecular weight is 422 g/mol. The van der Waals surface area contributed by atoms with E-state index in [9.17, 15) is 13.2 Å². The number of sulfone groups is 1. The predicted octanol–water partition coefficient (Wildman–Crippen LogP) is 3.15. The quantitative estimate of drug-likeness (QED) is 0.693. The summed E-state index contributed by atoms with van der Waals surface area (Å²) in [5.74, 6) is -0.411. The third-order valence-electron chi connectivity index (χ3n) is 3.27. The standard InChI is InChI=1S/C16H12BrN3O4S/c1-25(22,23)13-5-3-2-4-12(13)14(21)18-16-20-19-15(24-16)10-6-8-11(17)9-7-10/h2-9H,1H3,(H,18,20,21). The summed E-state index contributed by atoms with van der Waals surface area (Å²) in [4.78, 5) is 12.3. The molecule has 128 valence electrons. The van der Waals surface area contributed by atoms with Gasteiger partial charge in [0.05, 0.1) is 10.5 Å². The van der Waals surface area contributed by atoms with Gasteiger partial charge in [-0.3, -0.25) is 10.1 Å². The molecule has 1 heterocycles. The van der Waals surface area contributed by atoms with E-state index in [0.717, 1.165) is 10.7 Å². The molecular weight excluding hydrogens is 410 g/mol. The Labute approximate surface area is 152 Å². The van der Waals surface area contributed by atoms with Gasteiger partial charge >= 0.3 is 6.01 Å². The van der Waals surface area contributed by atoms with Gasteiger partial charge in [-0.1, -0.05) is 33.2 Å². The Morgan fingerprint density at radius 3 is 2.44 bits per heavy atom. The smallest absolute Gasteiger partial charge is 0.322 e. The maximum absolute atomic E-state index is 12.4. The molecule has 1 N–H and O–H groups in total. The van der Waals surface area contributed by atoms with Crippen molar-refractivity contribution in [1.82, 2.24) is 10.2 Å².